The summed E-state index contributed by atoms with van der Waals surface area (Å²) in [5.41, 5.74) is 18.4. The van der Waals surface area contributed by atoms with Crippen LogP contribution in [0.25, 0.3) is 86.2 Å². The van der Waals surface area contributed by atoms with E-state index in [4.69, 9.17) is 0 Å². The molecule has 0 unspecified atom stereocenters. The molecule has 2 aliphatic carbocycles. The van der Waals surface area contributed by atoms with E-state index in [1.165, 1.54) is 114 Å². The van der Waals surface area contributed by atoms with Crippen molar-refractivity contribution < 1.29 is 0 Å². The molecule has 0 amide bonds. The van der Waals surface area contributed by atoms with Gasteiger partial charge in [0.05, 0.1) is 11.1 Å². The number of benzene rings is 11. The molecule has 0 fully saturated rings. The molecule has 12 aromatic rings. The molecule has 0 aliphatic heterocycles. The van der Waals surface area contributed by atoms with Gasteiger partial charge < -0.3 is 4.90 Å². The molecule has 2 aliphatic rings. The van der Waals surface area contributed by atoms with Crippen LogP contribution in [0.2, 0.25) is 0 Å². The summed E-state index contributed by atoms with van der Waals surface area (Å²) >= 11 is 1.88. The zero-order valence-corrected chi connectivity index (χ0v) is 36.2. The third-order valence-corrected chi connectivity index (χ3v) is 15.5. The fraction of sp³-hybridized carbons (Fsp3) is 0.0159. The van der Waals surface area contributed by atoms with Crippen LogP contribution in [0.15, 0.2) is 237 Å². The summed E-state index contributed by atoms with van der Waals surface area (Å²) in [5.74, 6) is 0. The molecule has 302 valence electrons. The lowest BCUT2D eigenvalue weighted by Gasteiger charge is -2.32. The number of nitrogens with zero attached hydrogens (tertiary/aromatic N) is 1. The highest BCUT2D eigenvalue weighted by Gasteiger charge is 2.52. The lowest BCUT2D eigenvalue weighted by atomic mass is 9.70. The summed E-state index contributed by atoms with van der Waals surface area (Å²) in [6.45, 7) is 0. The molecule has 0 saturated carbocycles. The van der Waals surface area contributed by atoms with Crippen molar-refractivity contribution in [3.8, 4) is 44.5 Å². The molecule has 0 radical (unpaired) electrons. The van der Waals surface area contributed by atoms with Crippen molar-refractivity contribution in [1.82, 2.24) is 0 Å². The molecule has 1 aromatic heterocycles. The van der Waals surface area contributed by atoms with Crippen LogP contribution >= 0.6 is 11.3 Å². The zero-order chi connectivity index (χ0) is 42.6. The van der Waals surface area contributed by atoms with Gasteiger partial charge in [-0.25, -0.2) is 0 Å². The van der Waals surface area contributed by atoms with Gasteiger partial charge in [0, 0.05) is 37.1 Å². The van der Waals surface area contributed by atoms with Gasteiger partial charge in [0.25, 0.3) is 0 Å². The van der Waals surface area contributed by atoms with Crippen molar-refractivity contribution in [3.05, 3.63) is 259 Å². The van der Waals surface area contributed by atoms with Crippen molar-refractivity contribution in [2.75, 3.05) is 4.90 Å². The van der Waals surface area contributed by atoms with E-state index in [0.717, 1.165) is 11.4 Å². The molecular weight excluding hydrogens is 803 g/mol. The van der Waals surface area contributed by atoms with E-state index >= 15 is 0 Å². The molecule has 65 heavy (non-hydrogen) atoms. The molecule has 1 spiro atoms. The zero-order valence-electron chi connectivity index (χ0n) is 35.4. The van der Waals surface area contributed by atoms with Gasteiger partial charge in [-0.3, -0.25) is 0 Å². The van der Waals surface area contributed by atoms with E-state index in [1.54, 1.807) is 0 Å². The van der Waals surface area contributed by atoms with Gasteiger partial charge in [-0.1, -0.05) is 194 Å². The average Bonchev–Trinajstić information content (AvgIpc) is 4.01. The molecule has 2 heteroatoms. The quantitative estimate of drug-likeness (QED) is 0.156. The average molecular weight is 842 g/mol. The molecule has 0 N–H and O–H groups in total. The molecule has 11 aromatic carbocycles. The fourth-order valence-electron chi connectivity index (χ4n) is 11.5. The Labute approximate surface area is 381 Å². The number of fused-ring (bicyclic) bond motifs is 16. The molecule has 1 nitrogen and oxygen atoms in total. The lowest BCUT2D eigenvalue weighted by Crippen LogP contribution is -2.26. The van der Waals surface area contributed by atoms with Crippen molar-refractivity contribution in [2.24, 2.45) is 0 Å². The summed E-state index contributed by atoms with van der Waals surface area (Å²) in [6.07, 6.45) is 0. The van der Waals surface area contributed by atoms with Gasteiger partial charge >= 0.3 is 0 Å². The number of hydrogen-bond acceptors (Lipinski definition) is 2. The summed E-state index contributed by atoms with van der Waals surface area (Å²) in [6, 6.07) is 88.3. The second-order valence-electron chi connectivity index (χ2n) is 17.5. The predicted molar refractivity (Wildman–Crippen MR) is 276 cm³/mol. The first-order valence-corrected chi connectivity index (χ1v) is 23.3. The number of thiophene rings is 1. The van der Waals surface area contributed by atoms with Crippen molar-refractivity contribution >= 4 is 70.1 Å². The van der Waals surface area contributed by atoms with E-state index in [0.29, 0.717) is 0 Å². The minimum Gasteiger partial charge on any atom is -0.310 e. The van der Waals surface area contributed by atoms with Crippen LogP contribution in [0, 0.1) is 0 Å². The highest BCUT2D eigenvalue weighted by atomic mass is 32.1. The normalized spacial score (nSPS) is 13.0. The standard InChI is InChI=1S/C63H39NS/c1-2-14-47-41(13-1)27-28-44-39-43(33-38-48(44)47)40-29-34-45(35-30-40)64(46-36-31-42(32-37-46)49-19-11-20-53-52-17-6-10-26-60(52)65-62(49)53)59-25-12-24-58-61(59)54-18-5-9-23-57(54)63(58)55-21-7-3-15-50(55)51-16-4-8-22-56(51)63/h1-39H. The number of anilines is 3. The largest absolute Gasteiger partial charge is 0.310 e. The lowest BCUT2D eigenvalue weighted by molar-refractivity contribution is 0.794. The van der Waals surface area contributed by atoms with Crippen molar-refractivity contribution in [3.63, 3.8) is 0 Å². The van der Waals surface area contributed by atoms with Gasteiger partial charge in [0.15, 0.2) is 0 Å². The highest BCUT2D eigenvalue weighted by molar-refractivity contribution is 7.26. The summed E-state index contributed by atoms with van der Waals surface area (Å²) < 4.78 is 2.65. The van der Waals surface area contributed by atoms with Crippen molar-refractivity contribution in [2.45, 2.75) is 5.41 Å². The first kappa shape index (κ1) is 36.4. The van der Waals surface area contributed by atoms with Crippen LogP contribution in [0.5, 0.6) is 0 Å². The molecule has 1 heterocycles. The smallest absolute Gasteiger partial charge is 0.0726 e. The Morgan fingerprint density at radius 2 is 0.846 bits per heavy atom. The number of hydrogen-bond donors (Lipinski definition) is 0. The van der Waals surface area contributed by atoms with Crippen molar-refractivity contribution in [1.29, 1.82) is 0 Å². The minimum atomic E-state index is -0.432. The second kappa shape index (κ2) is 14.0. The Bertz CT molecular complexity index is 3850. The third kappa shape index (κ3) is 5.20. The van der Waals surface area contributed by atoms with Gasteiger partial charge in [-0.2, -0.15) is 0 Å². The van der Waals surface area contributed by atoms with Gasteiger partial charge in [0.2, 0.25) is 0 Å². The third-order valence-electron chi connectivity index (χ3n) is 14.3. The molecular formula is C63H39NS. The first-order valence-electron chi connectivity index (χ1n) is 22.5. The Morgan fingerprint density at radius 3 is 1.60 bits per heavy atom. The molecule has 14 rings (SSSR count). The number of rotatable bonds is 5. The second-order valence-corrected chi connectivity index (χ2v) is 18.6. The Kier molecular flexibility index (Phi) is 7.84. The van der Waals surface area contributed by atoms with Crippen LogP contribution in [0.4, 0.5) is 17.1 Å². The molecule has 0 atom stereocenters. The van der Waals surface area contributed by atoms with E-state index in [1.807, 2.05) is 11.3 Å². The Morgan fingerprint density at radius 1 is 0.323 bits per heavy atom. The summed E-state index contributed by atoms with van der Waals surface area (Å²) in [7, 11) is 0. The van der Waals surface area contributed by atoms with Crippen LogP contribution in [0.1, 0.15) is 22.3 Å². The summed E-state index contributed by atoms with van der Waals surface area (Å²) in [4.78, 5) is 2.49. The van der Waals surface area contributed by atoms with Gasteiger partial charge in [0.1, 0.15) is 0 Å². The SMILES string of the molecule is c1ccc2c(c1)-c1ccccc1C21c2ccccc2-c2c(N(c3ccc(-c4ccc5c(ccc6ccccc65)c4)cc3)c3ccc(-c4cccc5c4sc4ccccc45)cc3)cccc21. The monoisotopic (exact) mass is 841 g/mol. The molecule has 0 saturated heterocycles. The maximum atomic E-state index is 2.49. The van der Waals surface area contributed by atoms with E-state index < -0.39 is 5.41 Å². The van der Waals surface area contributed by atoms with Crippen LogP contribution < -0.4 is 4.90 Å². The minimum absolute atomic E-state index is 0.432. The maximum absolute atomic E-state index is 2.49. The summed E-state index contributed by atoms with van der Waals surface area (Å²) in [5, 5.41) is 7.73. The molecule has 0 bridgehead atoms. The predicted octanol–water partition coefficient (Wildman–Crippen LogP) is 17.5. The Balaban J connectivity index is 0.956. The fourth-order valence-corrected chi connectivity index (χ4v) is 12.7. The van der Waals surface area contributed by atoms with E-state index in [9.17, 15) is 0 Å². The van der Waals surface area contributed by atoms with Crippen LogP contribution in [-0.4, -0.2) is 0 Å². The van der Waals surface area contributed by atoms with Gasteiger partial charge in [-0.15, -0.1) is 11.3 Å². The van der Waals surface area contributed by atoms with E-state index in [-0.39, 0.29) is 0 Å². The van der Waals surface area contributed by atoms with Crippen LogP contribution in [0.3, 0.4) is 0 Å². The highest BCUT2D eigenvalue weighted by Crippen LogP contribution is 2.64. The van der Waals surface area contributed by atoms with Crippen LogP contribution in [-0.2, 0) is 5.41 Å². The van der Waals surface area contributed by atoms with E-state index in [2.05, 4.69) is 241 Å². The topological polar surface area (TPSA) is 3.24 Å². The van der Waals surface area contributed by atoms with Gasteiger partial charge in [-0.05, 0) is 125 Å². The Hall–Kier alpha value is -8.04. The first-order chi connectivity index (χ1) is 32.2. The maximum Gasteiger partial charge on any atom is 0.0726 e.